The molecule has 1 saturated heterocycles. The van der Waals surface area contributed by atoms with Gasteiger partial charge in [0.15, 0.2) is 0 Å². The van der Waals surface area contributed by atoms with Crippen LogP contribution in [0.2, 0.25) is 0 Å². The fraction of sp³-hybridized carbons (Fsp3) is 0.625. The van der Waals surface area contributed by atoms with Gasteiger partial charge in [-0.1, -0.05) is 32.0 Å². The van der Waals surface area contributed by atoms with Crippen molar-refractivity contribution < 1.29 is 0 Å². The Bertz CT molecular complexity index is 416. The maximum atomic E-state index is 6.25. The summed E-state index contributed by atoms with van der Waals surface area (Å²) in [6, 6.07) is 9.38. The normalized spacial score (nSPS) is 25.1. The van der Waals surface area contributed by atoms with E-state index in [4.69, 9.17) is 5.73 Å². The molecule has 0 bridgehead atoms. The van der Waals surface area contributed by atoms with Gasteiger partial charge in [0.05, 0.1) is 0 Å². The number of likely N-dealkylation sites (N-methyl/N-ethyl adjacent to an activating group) is 1. The summed E-state index contributed by atoms with van der Waals surface area (Å²) >= 11 is 0. The first-order valence-corrected chi connectivity index (χ1v) is 7.30. The summed E-state index contributed by atoms with van der Waals surface area (Å²) in [4.78, 5) is 4.84. The fourth-order valence-corrected chi connectivity index (χ4v) is 3.13. The summed E-state index contributed by atoms with van der Waals surface area (Å²) in [7, 11) is 4.35. The summed E-state index contributed by atoms with van der Waals surface area (Å²) in [5.41, 5.74) is 8.87. The first-order chi connectivity index (χ1) is 9.04. The molecule has 106 valence electrons. The van der Waals surface area contributed by atoms with Crippen molar-refractivity contribution in [1.82, 2.24) is 4.90 Å². The van der Waals surface area contributed by atoms with E-state index < -0.39 is 0 Å². The van der Waals surface area contributed by atoms with Crippen LogP contribution in [0, 0.1) is 5.92 Å². The van der Waals surface area contributed by atoms with Gasteiger partial charge in [-0.15, -0.1) is 0 Å². The number of nitrogens with two attached hydrogens (primary N) is 1. The molecule has 1 fully saturated rings. The lowest BCUT2D eigenvalue weighted by Crippen LogP contribution is -2.34. The van der Waals surface area contributed by atoms with Crippen molar-refractivity contribution in [2.24, 2.45) is 11.7 Å². The third-order valence-electron chi connectivity index (χ3n) is 4.35. The van der Waals surface area contributed by atoms with Crippen molar-refractivity contribution in [1.29, 1.82) is 0 Å². The number of hydrogen-bond acceptors (Lipinski definition) is 3. The molecule has 0 spiro atoms. The van der Waals surface area contributed by atoms with Crippen molar-refractivity contribution in [3.63, 3.8) is 0 Å². The predicted octanol–water partition coefficient (Wildman–Crippen LogP) is 2.48. The molecule has 1 aromatic rings. The molecule has 3 atom stereocenters. The van der Waals surface area contributed by atoms with E-state index in [-0.39, 0.29) is 6.04 Å². The topological polar surface area (TPSA) is 32.5 Å². The molecule has 3 nitrogen and oxygen atoms in total. The van der Waals surface area contributed by atoms with E-state index in [0.717, 1.165) is 19.5 Å². The van der Waals surface area contributed by atoms with Crippen LogP contribution in [0.5, 0.6) is 0 Å². The molecular weight excluding hydrogens is 234 g/mol. The molecule has 0 radical (unpaired) electrons. The van der Waals surface area contributed by atoms with E-state index in [1.807, 2.05) is 0 Å². The van der Waals surface area contributed by atoms with E-state index in [9.17, 15) is 0 Å². The summed E-state index contributed by atoms with van der Waals surface area (Å²) < 4.78 is 0. The number of benzene rings is 1. The minimum atomic E-state index is 0.143. The van der Waals surface area contributed by atoms with Gasteiger partial charge in [-0.05, 0) is 38.1 Å². The van der Waals surface area contributed by atoms with Gasteiger partial charge in [-0.25, -0.2) is 0 Å². The highest BCUT2D eigenvalue weighted by Crippen LogP contribution is 2.31. The highest BCUT2D eigenvalue weighted by atomic mass is 15.2. The van der Waals surface area contributed by atoms with E-state index in [0.29, 0.717) is 12.0 Å². The van der Waals surface area contributed by atoms with Crippen molar-refractivity contribution in [3.05, 3.63) is 29.8 Å². The lowest BCUT2D eigenvalue weighted by molar-refractivity contribution is 0.266. The molecule has 3 heteroatoms. The highest BCUT2D eigenvalue weighted by molar-refractivity contribution is 5.56. The van der Waals surface area contributed by atoms with E-state index in [2.05, 4.69) is 62.0 Å². The van der Waals surface area contributed by atoms with Crippen LogP contribution in [-0.2, 0) is 0 Å². The van der Waals surface area contributed by atoms with Crippen molar-refractivity contribution in [3.8, 4) is 0 Å². The first-order valence-electron chi connectivity index (χ1n) is 7.30. The number of rotatable bonds is 4. The zero-order valence-corrected chi connectivity index (χ0v) is 12.6. The largest absolute Gasteiger partial charge is 0.369 e. The number of anilines is 1. The third kappa shape index (κ3) is 2.93. The lowest BCUT2D eigenvalue weighted by atomic mass is 10.0. The van der Waals surface area contributed by atoms with Gasteiger partial charge in [-0.3, -0.25) is 0 Å². The minimum Gasteiger partial charge on any atom is -0.369 e. The van der Waals surface area contributed by atoms with E-state index in [1.165, 1.54) is 11.3 Å². The first kappa shape index (κ1) is 14.4. The molecule has 1 heterocycles. The molecule has 2 rings (SSSR count). The lowest BCUT2D eigenvalue weighted by Gasteiger charge is -2.25. The molecule has 0 saturated carbocycles. The summed E-state index contributed by atoms with van der Waals surface area (Å²) in [5, 5.41) is 0. The quantitative estimate of drug-likeness (QED) is 0.904. The molecule has 3 unspecified atom stereocenters. The SMILES string of the molecule is CCC(N)c1ccccc1N1CC(C)C(N(C)C)C1. The van der Waals surface area contributed by atoms with Crippen molar-refractivity contribution in [2.45, 2.75) is 32.4 Å². The van der Waals surface area contributed by atoms with Crippen LogP contribution in [0.15, 0.2) is 24.3 Å². The zero-order valence-electron chi connectivity index (χ0n) is 12.6. The zero-order chi connectivity index (χ0) is 14.0. The maximum absolute atomic E-state index is 6.25. The number of hydrogen-bond donors (Lipinski definition) is 1. The van der Waals surface area contributed by atoms with Crippen LogP contribution in [0.25, 0.3) is 0 Å². The Morgan fingerprint density at radius 2 is 2.00 bits per heavy atom. The highest BCUT2D eigenvalue weighted by Gasteiger charge is 2.32. The second kappa shape index (κ2) is 5.93. The molecule has 0 amide bonds. The van der Waals surface area contributed by atoms with Crippen LogP contribution in [0.3, 0.4) is 0 Å². The van der Waals surface area contributed by atoms with Crippen molar-refractivity contribution in [2.75, 3.05) is 32.1 Å². The Labute approximate surface area is 117 Å². The molecule has 19 heavy (non-hydrogen) atoms. The molecular formula is C16H27N3. The average Bonchev–Trinajstić information content (AvgIpc) is 2.80. The van der Waals surface area contributed by atoms with Gasteiger partial charge >= 0.3 is 0 Å². The summed E-state index contributed by atoms with van der Waals surface area (Å²) in [5.74, 6) is 0.695. The molecule has 1 aromatic carbocycles. The predicted molar refractivity (Wildman–Crippen MR) is 82.5 cm³/mol. The van der Waals surface area contributed by atoms with Gasteiger partial charge in [0.1, 0.15) is 0 Å². The summed E-state index contributed by atoms with van der Waals surface area (Å²) in [6.07, 6.45) is 0.984. The van der Waals surface area contributed by atoms with Crippen LogP contribution in [-0.4, -0.2) is 38.1 Å². The van der Waals surface area contributed by atoms with Crippen LogP contribution >= 0.6 is 0 Å². The van der Waals surface area contributed by atoms with Gasteiger partial charge in [0.25, 0.3) is 0 Å². The van der Waals surface area contributed by atoms with Crippen LogP contribution in [0.4, 0.5) is 5.69 Å². The summed E-state index contributed by atoms with van der Waals surface area (Å²) in [6.45, 7) is 6.71. The Morgan fingerprint density at radius 1 is 1.32 bits per heavy atom. The maximum Gasteiger partial charge on any atom is 0.0415 e. The molecule has 2 N–H and O–H groups in total. The van der Waals surface area contributed by atoms with Crippen molar-refractivity contribution >= 4 is 5.69 Å². The Balaban J connectivity index is 2.24. The third-order valence-corrected chi connectivity index (χ3v) is 4.35. The van der Waals surface area contributed by atoms with Gasteiger partial charge < -0.3 is 15.5 Å². The Hall–Kier alpha value is -1.06. The van der Waals surface area contributed by atoms with Gasteiger partial charge in [0, 0.05) is 30.9 Å². The fourth-order valence-electron chi connectivity index (χ4n) is 3.13. The Kier molecular flexibility index (Phi) is 4.48. The molecule has 1 aliphatic rings. The second-order valence-electron chi connectivity index (χ2n) is 5.99. The smallest absolute Gasteiger partial charge is 0.0415 e. The standard InChI is InChI=1S/C16H27N3/c1-5-14(17)13-8-6-7-9-15(13)19-10-12(2)16(11-19)18(3)4/h6-9,12,14,16H,5,10-11,17H2,1-4H3. The second-order valence-corrected chi connectivity index (χ2v) is 5.99. The Morgan fingerprint density at radius 3 is 2.58 bits per heavy atom. The van der Waals surface area contributed by atoms with Crippen LogP contribution < -0.4 is 10.6 Å². The number of para-hydroxylation sites is 1. The molecule has 0 aromatic heterocycles. The number of nitrogens with zero attached hydrogens (tertiary/aromatic N) is 2. The minimum absolute atomic E-state index is 0.143. The molecule has 0 aliphatic carbocycles. The van der Waals surface area contributed by atoms with Gasteiger partial charge in [-0.2, -0.15) is 0 Å². The van der Waals surface area contributed by atoms with Crippen LogP contribution in [0.1, 0.15) is 31.9 Å². The van der Waals surface area contributed by atoms with E-state index >= 15 is 0 Å². The average molecular weight is 261 g/mol. The van der Waals surface area contributed by atoms with Gasteiger partial charge in [0.2, 0.25) is 0 Å². The van der Waals surface area contributed by atoms with E-state index in [1.54, 1.807) is 0 Å². The molecule has 1 aliphatic heterocycles. The monoisotopic (exact) mass is 261 g/mol.